The van der Waals surface area contributed by atoms with E-state index in [-0.39, 0.29) is 113 Å². The van der Waals surface area contributed by atoms with E-state index in [0.29, 0.717) is 0 Å². The van der Waals surface area contributed by atoms with Crippen molar-refractivity contribution < 1.29 is 113 Å². The molecule has 0 aromatic carbocycles. The Bertz CT molecular complexity index is 103. The molecule has 0 bridgehead atoms. The molecule has 0 aliphatic heterocycles. The summed E-state index contributed by atoms with van der Waals surface area (Å²) in [5.41, 5.74) is 0. The van der Waals surface area contributed by atoms with Gasteiger partial charge in [-0.3, -0.25) is 0 Å². The van der Waals surface area contributed by atoms with Gasteiger partial charge in [-0.2, -0.15) is 0 Å². The van der Waals surface area contributed by atoms with Crippen molar-refractivity contribution in [2.24, 2.45) is 0 Å². The van der Waals surface area contributed by atoms with Crippen LogP contribution < -0.4 is 0 Å². The summed E-state index contributed by atoms with van der Waals surface area (Å²) in [7, 11) is 0. The van der Waals surface area contributed by atoms with Crippen LogP contribution in [0.4, 0.5) is 0 Å². The Morgan fingerprint density at radius 1 is 0.353 bits per heavy atom. The third kappa shape index (κ3) is 225. The molecule has 0 nitrogen and oxygen atoms in total. The van der Waals surface area contributed by atoms with Crippen LogP contribution in [0.2, 0.25) is 0 Å². The Morgan fingerprint density at radius 2 is 0.412 bits per heavy atom. The topological polar surface area (TPSA) is 0 Å². The second-order valence-electron chi connectivity index (χ2n) is 1.00. The molecule has 0 atom stereocenters. The third-order valence-corrected chi connectivity index (χ3v) is 0.500. The van der Waals surface area contributed by atoms with Crippen molar-refractivity contribution in [1.82, 2.24) is 0 Å². The van der Waals surface area contributed by atoms with Crippen molar-refractivity contribution >= 4 is 0 Å². The average molecular weight is 318 g/mol. The van der Waals surface area contributed by atoms with E-state index < -0.39 is 0 Å². The zero-order chi connectivity index (χ0) is 12.8. The van der Waals surface area contributed by atoms with Crippen molar-refractivity contribution in [2.45, 2.75) is 69.2 Å². The molecule has 0 heterocycles. The first-order chi connectivity index (χ1) is 6.83. The molecule has 0 saturated carbocycles. The molecular formula is C14H30Ar3. The second-order valence-corrected chi connectivity index (χ2v) is 1.00. The summed E-state index contributed by atoms with van der Waals surface area (Å²) in [6.45, 7) is 19.3. The fourth-order valence-electron chi connectivity index (χ4n) is 0. The molecule has 0 fully saturated rings. The van der Waals surface area contributed by atoms with Crippen molar-refractivity contribution in [2.75, 3.05) is 0 Å². The SMILES string of the molecule is CC.CC.CC.CC#CC.CC#CC.[Ar].[Ar].[Ar]. The predicted molar refractivity (Wildman–Crippen MR) is 72.3 cm³/mol. The fourth-order valence-corrected chi connectivity index (χ4v) is 0. The smallest absolute Gasteiger partial charge is 0 e. The molecule has 17 heavy (non-hydrogen) atoms. The maximum Gasteiger partial charge on any atom is 0 e. The summed E-state index contributed by atoms with van der Waals surface area (Å²) >= 11 is 0. The van der Waals surface area contributed by atoms with E-state index in [9.17, 15) is 0 Å². The number of rotatable bonds is 0. The Kier molecular flexibility index (Phi) is 376. The maximum atomic E-state index is 2.68. The van der Waals surface area contributed by atoms with Gasteiger partial charge in [0.15, 0.2) is 0 Å². The predicted octanol–water partition coefficient (Wildman–Crippen LogP) is 5.14. The maximum absolute atomic E-state index is 2.68. The van der Waals surface area contributed by atoms with Crippen LogP contribution in [0, 0.1) is 137 Å². The minimum absolute atomic E-state index is 0. The van der Waals surface area contributed by atoms with Gasteiger partial charge in [-0.25, -0.2) is 0 Å². The molecule has 0 unspecified atom stereocenters. The molecule has 0 spiro atoms. The number of hydrogen-bond donors (Lipinski definition) is 0. The molecule has 0 saturated heterocycles. The van der Waals surface area contributed by atoms with Crippen LogP contribution in [-0.2, 0) is 0 Å². The van der Waals surface area contributed by atoms with Crippen LogP contribution in [-0.4, -0.2) is 0 Å². The van der Waals surface area contributed by atoms with Gasteiger partial charge in [-0.1, -0.05) is 41.5 Å². The summed E-state index contributed by atoms with van der Waals surface area (Å²) in [6.07, 6.45) is 0. The van der Waals surface area contributed by atoms with Crippen LogP contribution in [0.25, 0.3) is 0 Å². The van der Waals surface area contributed by atoms with Crippen molar-refractivity contribution in [3.05, 3.63) is 0 Å². The summed E-state index contributed by atoms with van der Waals surface area (Å²) < 4.78 is 0. The van der Waals surface area contributed by atoms with Crippen LogP contribution in [0.1, 0.15) is 69.2 Å². The minimum atomic E-state index is 0. The van der Waals surface area contributed by atoms with Crippen molar-refractivity contribution in [1.29, 1.82) is 0 Å². The van der Waals surface area contributed by atoms with E-state index in [0.717, 1.165) is 0 Å². The second kappa shape index (κ2) is 127. The minimum Gasteiger partial charge on any atom is -0.107 e. The van der Waals surface area contributed by atoms with E-state index in [1.165, 1.54) is 0 Å². The molecule has 0 aromatic rings. The molecule has 3 heteroatoms. The summed E-state index contributed by atoms with van der Waals surface area (Å²) in [6, 6.07) is 0. The molecule has 0 aliphatic carbocycles. The summed E-state index contributed by atoms with van der Waals surface area (Å²) in [5.74, 6) is 10.7. The Labute approximate surface area is 202 Å². The third-order valence-electron chi connectivity index (χ3n) is 0.500. The quantitative estimate of drug-likeness (QED) is 0.543. The molecule has 0 aliphatic rings. The van der Waals surface area contributed by atoms with Gasteiger partial charge in [0, 0.05) is 113 Å². The van der Waals surface area contributed by atoms with Gasteiger partial charge >= 0.3 is 0 Å². The van der Waals surface area contributed by atoms with Crippen LogP contribution in [0.3, 0.4) is 0 Å². The Balaban J connectivity index is -0.00000000992. The first-order valence-corrected chi connectivity index (χ1v) is 5.50. The summed E-state index contributed by atoms with van der Waals surface area (Å²) in [4.78, 5) is 0. The van der Waals surface area contributed by atoms with Crippen molar-refractivity contribution in [3.8, 4) is 23.7 Å². The zero-order valence-electron chi connectivity index (χ0n) is 13.1. The normalized spacial score (nSPS) is 2.71. The van der Waals surface area contributed by atoms with Gasteiger partial charge in [-0.15, -0.1) is 23.7 Å². The van der Waals surface area contributed by atoms with Crippen LogP contribution in [0.15, 0.2) is 0 Å². The molecule has 110 valence electrons. The molecule has 0 radical (unpaired) electrons. The largest absolute Gasteiger partial charge is 0.107 e. The zero-order valence-corrected chi connectivity index (χ0v) is 15.2. The van der Waals surface area contributed by atoms with Gasteiger partial charge in [0.25, 0.3) is 0 Å². The first-order valence-electron chi connectivity index (χ1n) is 5.50. The Morgan fingerprint density at radius 3 is 0.412 bits per heavy atom. The first kappa shape index (κ1) is 50.2. The van der Waals surface area contributed by atoms with E-state index in [1.807, 2.05) is 69.2 Å². The van der Waals surface area contributed by atoms with E-state index >= 15 is 0 Å². The van der Waals surface area contributed by atoms with Crippen molar-refractivity contribution in [3.63, 3.8) is 0 Å². The van der Waals surface area contributed by atoms with Gasteiger partial charge in [0.2, 0.25) is 0 Å². The van der Waals surface area contributed by atoms with Crippen LogP contribution >= 0.6 is 0 Å². The van der Waals surface area contributed by atoms with Gasteiger partial charge in [0.1, 0.15) is 0 Å². The standard InChI is InChI=1S/2C4H6.3C2H6.3Ar/c2*1-3-4-2;3*1-2;;;/h2*1-2H3;3*1-2H3;;;. The summed E-state index contributed by atoms with van der Waals surface area (Å²) in [5, 5.41) is 0. The average Bonchev–Trinajstić information content (AvgIpc) is 2.36. The molecule has 0 amide bonds. The molecular weight excluding hydrogens is 288 g/mol. The van der Waals surface area contributed by atoms with E-state index in [4.69, 9.17) is 0 Å². The molecule has 0 N–H and O–H groups in total. The van der Waals surface area contributed by atoms with Gasteiger partial charge in [-0.05, 0) is 27.7 Å². The molecule has 0 rings (SSSR count). The van der Waals surface area contributed by atoms with Gasteiger partial charge < -0.3 is 0 Å². The van der Waals surface area contributed by atoms with Gasteiger partial charge in [0.05, 0.1) is 0 Å². The molecule has 0 aromatic heterocycles. The fraction of sp³-hybridized carbons (Fsp3) is 0.714. The number of hydrogen-bond acceptors (Lipinski definition) is 0. The monoisotopic (exact) mass is 318 g/mol. The van der Waals surface area contributed by atoms with E-state index in [1.54, 1.807) is 0 Å². The van der Waals surface area contributed by atoms with Crippen LogP contribution in [0.5, 0.6) is 0 Å². The van der Waals surface area contributed by atoms with E-state index in [2.05, 4.69) is 23.7 Å². The Hall–Kier alpha value is 2.90.